The minimum absolute atomic E-state index is 0.0568. The fourth-order valence-corrected chi connectivity index (χ4v) is 3.16. The summed E-state index contributed by atoms with van der Waals surface area (Å²) in [6.07, 6.45) is 5.62. The lowest BCUT2D eigenvalue weighted by atomic mass is 10.0. The predicted molar refractivity (Wildman–Crippen MR) is 85.9 cm³/mol. The summed E-state index contributed by atoms with van der Waals surface area (Å²) in [4.78, 5) is 18.6. The maximum absolute atomic E-state index is 11.9. The van der Waals surface area contributed by atoms with Crippen LogP contribution in [0.1, 0.15) is 44.5 Å². The molecule has 4 rings (SSSR count). The molecule has 0 spiro atoms. The molecule has 1 amide bonds. The summed E-state index contributed by atoms with van der Waals surface area (Å²) in [6, 6.07) is 3.97. The van der Waals surface area contributed by atoms with Gasteiger partial charge in [-0.15, -0.1) is 0 Å². The Hall–Kier alpha value is -2.15. The second-order valence-corrected chi connectivity index (χ2v) is 6.70. The summed E-state index contributed by atoms with van der Waals surface area (Å²) < 4.78 is 10.7. The van der Waals surface area contributed by atoms with Gasteiger partial charge in [-0.25, -0.2) is 0 Å². The molecule has 7 nitrogen and oxygen atoms in total. The molecular weight excluding hydrogens is 308 g/mol. The van der Waals surface area contributed by atoms with Gasteiger partial charge in [0, 0.05) is 25.0 Å². The maximum atomic E-state index is 11.9. The number of amides is 1. The molecule has 0 bridgehead atoms. The molecule has 0 unspecified atom stereocenters. The highest BCUT2D eigenvalue weighted by atomic mass is 16.5. The number of aromatic nitrogens is 2. The quantitative estimate of drug-likeness (QED) is 0.906. The molecule has 1 aliphatic heterocycles. The Labute approximate surface area is 140 Å². The summed E-state index contributed by atoms with van der Waals surface area (Å²) in [5.41, 5.74) is 0. The third kappa shape index (κ3) is 3.21. The number of carbonyl (C=O) groups is 1. The van der Waals surface area contributed by atoms with Crippen molar-refractivity contribution in [2.45, 2.75) is 44.7 Å². The van der Waals surface area contributed by atoms with Gasteiger partial charge in [0.2, 0.25) is 17.6 Å². The number of hydrogen-bond acceptors (Lipinski definition) is 6. The topological polar surface area (TPSA) is 84.4 Å². The number of nitrogens with zero attached hydrogens (tertiary/aromatic N) is 3. The number of carbonyl (C=O) groups excluding carboxylic acids is 1. The van der Waals surface area contributed by atoms with Gasteiger partial charge < -0.3 is 14.3 Å². The van der Waals surface area contributed by atoms with E-state index in [0.717, 1.165) is 38.8 Å². The first-order valence-electron chi connectivity index (χ1n) is 8.62. The first kappa shape index (κ1) is 15.4. The summed E-state index contributed by atoms with van der Waals surface area (Å²) >= 11 is 0. The van der Waals surface area contributed by atoms with E-state index in [2.05, 4.69) is 27.3 Å². The molecule has 1 saturated heterocycles. The zero-order valence-electron chi connectivity index (χ0n) is 13.8. The molecule has 1 atom stereocenters. The van der Waals surface area contributed by atoms with Crippen LogP contribution in [-0.4, -0.2) is 40.1 Å². The zero-order chi connectivity index (χ0) is 16.5. The minimum atomic E-state index is 0.0568. The highest BCUT2D eigenvalue weighted by Crippen LogP contribution is 2.30. The van der Waals surface area contributed by atoms with Crippen molar-refractivity contribution in [2.24, 2.45) is 5.92 Å². The van der Waals surface area contributed by atoms with E-state index >= 15 is 0 Å². The van der Waals surface area contributed by atoms with E-state index in [0.29, 0.717) is 23.5 Å². The molecule has 3 heterocycles. The van der Waals surface area contributed by atoms with Crippen molar-refractivity contribution in [1.29, 1.82) is 0 Å². The molecule has 2 fully saturated rings. The van der Waals surface area contributed by atoms with Crippen LogP contribution in [0.3, 0.4) is 0 Å². The number of hydrogen-bond donors (Lipinski definition) is 1. The zero-order valence-corrected chi connectivity index (χ0v) is 13.8. The first-order valence-corrected chi connectivity index (χ1v) is 8.62. The Morgan fingerprint density at radius 3 is 2.79 bits per heavy atom. The molecule has 0 radical (unpaired) electrons. The number of likely N-dealkylation sites (tertiary alicyclic amines) is 1. The molecule has 2 aromatic rings. The molecule has 1 aliphatic carbocycles. The summed E-state index contributed by atoms with van der Waals surface area (Å²) in [6.45, 7) is 3.90. The highest BCUT2D eigenvalue weighted by Gasteiger charge is 2.33. The van der Waals surface area contributed by atoms with Crippen LogP contribution in [0.2, 0.25) is 0 Å². The third-order valence-corrected chi connectivity index (χ3v) is 4.91. The number of nitrogens with one attached hydrogen (secondary N) is 1. The molecule has 2 aliphatic rings. The van der Waals surface area contributed by atoms with Gasteiger partial charge in [0.15, 0.2) is 5.76 Å². The number of rotatable bonds is 5. The molecule has 128 valence electrons. The summed E-state index contributed by atoms with van der Waals surface area (Å²) in [5, 5.41) is 7.16. The summed E-state index contributed by atoms with van der Waals surface area (Å²) in [7, 11) is 0. The molecule has 7 heteroatoms. The number of furan rings is 1. The van der Waals surface area contributed by atoms with E-state index in [1.165, 1.54) is 0 Å². The van der Waals surface area contributed by atoms with Crippen molar-refractivity contribution in [3.63, 3.8) is 0 Å². The third-order valence-electron chi connectivity index (χ3n) is 4.91. The first-order chi connectivity index (χ1) is 11.7. The Morgan fingerprint density at radius 1 is 1.33 bits per heavy atom. The van der Waals surface area contributed by atoms with Gasteiger partial charge in [-0.05, 0) is 44.7 Å². The van der Waals surface area contributed by atoms with Gasteiger partial charge in [0.1, 0.15) is 0 Å². The van der Waals surface area contributed by atoms with Crippen molar-refractivity contribution >= 4 is 5.91 Å². The Balaban J connectivity index is 1.32. The molecule has 0 aromatic carbocycles. The van der Waals surface area contributed by atoms with E-state index in [-0.39, 0.29) is 17.9 Å². The fraction of sp³-hybridized carbons (Fsp3) is 0.588. The van der Waals surface area contributed by atoms with Crippen molar-refractivity contribution < 1.29 is 13.7 Å². The van der Waals surface area contributed by atoms with Gasteiger partial charge in [-0.2, -0.15) is 4.98 Å². The average molecular weight is 330 g/mol. The molecule has 2 aromatic heterocycles. The fourth-order valence-electron chi connectivity index (χ4n) is 3.16. The molecule has 24 heavy (non-hydrogen) atoms. The maximum Gasteiger partial charge on any atom is 0.244 e. The van der Waals surface area contributed by atoms with Gasteiger partial charge >= 0.3 is 0 Å². The van der Waals surface area contributed by atoms with E-state index in [9.17, 15) is 4.79 Å². The van der Waals surface area contributed by atoms with E-state index in [4.69, 9.17) is 8.94 Å². The number of piperidine rings is 1. The van der Waals surface area contributed by atoms with Gasteiger partial charge in [-0.1, -0.05) is 5.16 Å². The second kappa shape index (κ2) is 6.39. The smallest absolute Gasteiger partial charge is 0.244 e. The normalized spacial score (nSPS) is 20.9. The van der Waals surface area contributed by atoms with Crippen molar-refractivity contribution in [3.05, 3.63) is 24.3 Å². The van der Waals surface area contributed by atoms with Crippen LogP contribution >= 0.6 is 0 Å². The average Bonchev–Trinajstić information content (AvgIpc) is 3.11. The van der Waals surface area contributed by atoms with Crippen LogP contribution in [0.5, 0.6) is 0 Å². The monoisotopic (exact) mass is 330 g/mol. The Bertz CT molecular complexity index is 685. The van der Waals surface area contributed by atoms with E-state index in [1.54, 1.807) is 12.3 Å². The van der Waals surface area contributed by atoms with Gasteiger partial charge in [0.05, 0.1) is 12.3 Å². The van der Waals surface area contributed by atoms with Crippen molar-refractivity contribution in [1.82, 2.24) is 20.4 Å². The van der Waals surface area contributed by atoms with E-state index < -0.39 is 0 Å². The van der Waals surface area contributed by atoms with Gasteiger partial charge in [-0.3, -0.25) is 9.69 Å². The second-order valence-electron chi connectivity index (χ2n) is 6.70. The lowest BCUT2D eigenvalue weighted by molar-refractivity contribution is -0.123. The van der Waals surface area contributed by atoms with Crippen LogP contribution < -0.4 is 5.32 Å². The lowest BCUT2D eigenvalue weighted by Gasteiger charge is -2.34. The predicted octanol–water partition coefficient (Wildman–Crippen LogP) is 2.38. The van der Waals surface area contributed by atoms with Crippen LogP contribution in [-0.2, 0) is 4.79 Å². The minimum Gasteiger partial charge on any atom is -0.461 e. The SMILES string of the molecule is C[C@@H](c1nc(-c2ccco2)no1)N1CCC(NC(=O)C2CC2)CC1. The highest BCUT2D eigenvalue weighted by molar-refractivity contribution is 5.81. The van der Waals surface area contributed by atoms with Crippen molar-refractivity contribution in [3.8, 4) is 11.6 Å². The van der Waals surface area contributed by atoms with Gasteiger partial charge in [0.25, 0.3) is 0 Å². The summed E-state index contributed by atoms with van der Waals surface area (Å²) in [5.74, 6) is 2.20. The Kier molecular flexibility index (Phi) is 4.10. The van der Waals surface area contributed by atoms with Crippen LogP contribution in [0, 0.1) is 5.92 Å². The molecule has 1 saturated carbocycles. The van der Waals surface area contributed by atoms with Crippen LogP contribution in [0.25, 0.3) is 11.6 Å². The van der Waals surface area contributed by atoms with E-state index in [1.807, 2.05) is 6.07 Å². The molecule has 1 N–H and O–H groups in total. The standard InChI is InChI=1S/C17H22N4O3/c1-11(17-19-15(20-24-17)14-3-2-10-23-14)21-8-6-13(7-9-21)18-16(22)12-4-5-12/h2-3,10-13H,4-9H2,1H3,(H,18,22)/t11-/m0/s1. The lowest BCUT2D eigenvalue weighted by Crippen LogP contribution is -2.45. The molecular formula is C17H22N4O3. The largest absolute Gasteiger partial charge is 0.461 e. The van der Waals surface area contributed by atoms with Crippen LogP contribution in [0.4, 0.5) is 0 Å². The Morgan fingerprint density at radius 2 is 2.12 bits per heavy atom. The van der Waals surface area contributed by atoms with Crippen LogP contribution in [0.15, 0.2) is 27.3 Å². The van der Waals surface area contributed by atoms with Crippen molar-refractivity contribution in [2.75, 3.05) is 13.1 Å².